The number of rotatable bonds is 6. The van der Waals surface area contributed by atoms with Crippen LogP contribution in [0.1, 0.15) is 34.7 Å². The van der Waals surface area contributed by atoms with E-state index in [9.17, 15) is 4.79 Å². The summed E-state index contributed by atoms with van der Waals surface area (Å²) in [5, 5.41) is 6.60. The Labute approximate surface area is 188 Å². The Kier molecular flexibility index (Phi) is 8.68. The van der Waals surface area contributed by atoms with E-state index in [-0.39, 0.29) is 29.9 Å². The molecule has 28 heavy (non-hydrogen) atoms. The van der Waals surface area contributed by atoms with Gasteiger partial charge in [0.15, 0.2) is 5.96 Å². The minimum absolute atomic E-state index is 0. The first-order valence-corrected chi connectivity index (χ1v) is 10.1. The number of likely N-dealkylation sites (tertiary alicyclic amines) is 1. The van der Waals surface area contributed by atoms with E-state index < -0.39 is 0 Å². The molecule has 0 bridgehead atoms. The fraction of sp³-hybridized carbons (Fsp3) is 0.450. The van der Waals surface area contributed by atoms with Gasteiger partial charge in [-0.2, -0.15) is 0 Å². The van der Waals surface area contributed by atoms with Crippen LogP contribution in [0.4, 0.5) is 0 Å². The number of benzene rings is 1. The Balaban J connectivity index is 0.00000280. The Morgan fingerprint density at radius 3 is 2.71 bits per heavy atom. The molecule has 0 unspecified atom stereocenters. The standard InChI is InChI=1S/C20H27N5OS.HI/c1-15-23-18(14-27-15)13-24(3)20(21-2)22-11-16-7-4-5-8-17(16)12-25-10-6-9-19(25)26;/h4-5,7-8,14H,6,9-13H2,1-3H3,(H,21,22);1H. The van der Waals surface area contributed by atoms with Gasteiger partial charge in [-0.1, -0.05) is 24.3 Å². The number of hydrogen-bond donors (Lipinski definition) is 1. The number of carbonyl (C=O) groups excluding carboxylic acids is 1. The lowest BCUT2D eigenvalue weighted by Crippen LogP contribution is -2.38. The lowest BCUT2D eigenvalue weighted by molar-refractivity contribution is -0.128. The van der Waals surface area contributed by atoms with E-state index in [1.54, 1.807) is 18.4 Å². The van der Waals surface area contributed by atoms with Crippen molar-refractivity contribution in [3.63, 3.8) is 0 Å². The van der Waals surface area contributed by atoms with Gasteiger partial charge in [0.05, 0.1) is 17.2 Å². The van der Waals surface area contributed by atoms with Crippen LogP contribution in [0.25, 0.3) is 0 Å². The number of aryl methyl sites for hydroxylation is 1. The first-order chi connectivity index (χ1) is 13.1. The lowest BCUT2D eigenvalue weighted by Gasteiger charge is -2.23. The number of amides is 1. The zero-order valence-electron chi connectivity index (χ0n) is 16.6. The van der Waals surface area contributed by atoms with Crippen LogP contribution in [-0.2, 0) is 24.4 Å². The molecule has 1 aliphatic heterocycles. The van der Waals surface area contributed by atoms with E-state index in [1.165, 1.54) is 11.1 Å². The van der Waals surface area contributed by atoms with E-state index in [0.29, 0.717) is 26.1 Å². The summed E-state index contributed by atoms with van der Waals surface area (Å²) >= 11 is 1.66. The molecule has 0 spiro atoms. The van der Waals surface area contributed by atoms with Gasteiger partial charge in [0, 0.05) is 45.5 Å². The van der Waals surface area contributed by atoms with Crippen LogP contribution < -0.4 is 5.32 Å². The summed E-state index contributed by atoms with van der Waals surface area (Å²) < 4.78 is 0. The minimum atomic E-state index is 0. The van der Waals surface area contributed by atoms with Crippen LogP contribution in [0, 0.1) is 6.92 Å². The summed E-state index contributed by atoms with van der Waals surface area (Å²) in [7, 11) is 3.80. The summed E-state index contributed by atoms with van der Waals surface area (Å²) in [6.45, 7) is 4.95. The van der Waals surface area contributed by atoms with E-state index in [0.717, 1.165) is 29.6 Å². The van der Waals surface area contributed by atoms with Crippen molar-refractivity contribution in [1.82, 2.24) is 20.1 Å². The highest BCUT2D eigenvalue weighted by atomic mass is 127. The molecule has 0 radical (unpaired) electrons. The molecular formula is C20H28IN5OS. The number of nitrogens with one attached hydrogen (secondary N) is 1. The van der Waals surface area contributed by atoms with Crippen molar-refractivity contribution in [1.29, 1.82) is 0 Å². The van der Waals surface area contributed by atoms with E-state index in [2.05, 4.69) is 37.7 Å². The summed E-state index contributed by atoms with van der Waals surface area (Å²) in [4.78, 5) is 24.9. The van der Waals surface area contributed by atoms with Crippen molar-refractivity contribution in [2.45, 2.75) is 39.4 Å². The van der Waals surface area contributed by atoms with Crippen LogP contribution in [0.15, 0.2) is 34.6 Å². The van der Waals surface area contributed by atoms with Gasteiger partial charge < -0.3 is 15.1 Å². The number of thiazole rings is 1. The second-order valence-corrected chi connectivity index (χ2v) is 7.86. The molecule has 0 atom stereocenters. The minimum Gasteiger partial charge on any atom is -0.352 e. The van der Waals surface area contributed by atoms with Gasteiger partial charge in [-0.05, 0) is 24.5 Å². The number of aliphatic imine (C=N–C) groups is 1. The highest BCUT2D eigenvalue weighted by Crippen LogP contribution is 2.17. The molecule has 3 rings (SSSR count). The molecule has 2 aromatic rings. The molecule has 2 heterocycles. The zero-order chi connectivity index (χ0) is 19.2. The molecule has 1 N–H and O–H groups in total. The highest BCUT2D eigenvalue weighted by Gasteiger charge is 2.21. The van der Waals surface area contributed by atoms with Gasteiger partial charge in [-0.15, -0.1) is 35.3 Å². The van der Waals surface area contributed by atoms with E-state index in [1.807, 2.05) is 31.0 Å². The Bertz CT molecular complexity index is 822. The molecule has 8 heteroatoms. The SMILES string of the molecule is CN=C(NCc1ccccc1CN1CCCC1=O)N(C)Cc1csc(C)n1.I. The lowest BCUT2D eigenvalue weighted by atomic mass is 10.1. The molecule has 1 aromatic heterocycles. The smallest absolute Gasteiger partial charge is 0.222 e. The number of guanidine groups is 1. The summed E-state index contributed by atoms with van der Waals surface area (Å²) in [6.07, 6.45) is 1.64. The molecule has 1 aliphatic rings. The van der Waals surface area contributed by atoms with Crippen molar-refractivity contribution in [2.75, 3.05) is 20.6 Å². The van der Waals surface area contributed by atoms with Gasteiger partial charge in [-0.3, -0.25) is 9.79 Å². The maximum Gasteiger partial charge on any atom is 0.222 e. The van der Waals surface area contributed by atoms with Crippen LogP contribution in [0.2, 0.25) is 0 Å². The zero-order valence-corrected chi connectivity index (χ0v) is 19.8. The number of nitrogens with zero attached hydrogens (tertiary/aromatic N) is 4. The molecule has 0 saturated carbocycles. The van der Waals surface area contributed by atoms with Crippen LogP contribution >= 0.6 is 35.3 Å². The van der Waals surface area contributed by atoms with E-state index >= 15 is 0 Å². The molecule has 6 nitrogen and oxygen atoms in total. The van der Waals surface area contributed by atoms with Crippen molar-refractivity contribution in [3.8, 4) is 0 Å². The maximum atomic E-state index is 11.9. The van der Waals surface area contributed by atoms with Crippen LogP contribution in [0.5, 0.6) is 0 Å². The van der Waals surface area contributed by atoms with Gasteiger partial charge in [0.1, 0.15) is 0 Å². The second kappa shape index (κ2) is 10.8. The quantitative estimate of drug-likeness (QED) is 0.366. The maximum absolute atomic E-state index is 11.9. The summed E-state index contributed by atoms with van der Waals surface area (Å²) in [5.74, 6) is 1.08. The Hall–Kier alpha value is -1.68. The third-order valence-corrected chi connectivity index (χ3v) is 5.55. The summed E-state index contributed by atoms with van der Waals surface area (Å²) in [5.41, 5.74) is 3.43. The van der Waals surface area contributed by atoms with Crippen LogP contribution in [0.3, 0.4) is 0 Å². The predicted molar refractivity (Wildman–Crippen MR) is 125 cm³/mol. The predicted octanol–water partition coefficient (Wildman–Crippen LogP) is 3.40. The average Bonchev–Trinajstić information content (AvgIpc) is 3.25. The third-order valence-electron chi connectivity index (χ3n) is 4.73. The molecule has 1 saturated heterocycles. The number of hydrogen-bond acceptors (Lipinski definition) is 4. The molecule has 1 aromatic carbocycles. The topological polar surface area (TPSA) is 60.8 Å². The van der Waals surface area contributed by atoms with Crippen LogP contribution in [-0.4, -0.2) is 47.3 Å². The van der Waals surface area contributed by atoms with Gasteiger partial charge in [0.2, 0.25) is 5.91 Å². The fourth-order valence-electron chi connectivity index (χ4n) is 3.32. The molecular weight excluding hydrogens is 485 g/mol. The van der Waals surface area contributed by atoms with Crippen molar-refractivity contribution < 1.29 is 4.79 Å². The van der Waals surface area contributed by atoms with Crippen molar-refractivity contribution in [3.05, 3.63) is 51.5 Å². The Morgan fingerprint density at radius 1 is 1.36 bits per heavy atom. The van der Waals surface area contributed by atoms with Gasteiger partial charge in [0.25, 0.3) is 0 Å². The molecule has 1 fully saturated rings. The third kappa shape index (κ3) is 5.91. The fourth-order valence-corrected chi connectivity index (χ4v) is 3.92. The molecule has 1 amide bonds. The highest BCUT2D eigenvalue weighted by molar-refractivity contribution is 14.0. The van der Waals surface area contributed by atoms with Crippen molar-refractivity contribution in [2.24, 2.45) is 4.99 Å². The number of aromatic nitrogens is 1. The monoisotopic (exact) mass is 513 g/mol. The molecule has 0 aliphatic carbocycles. The van der Waals surface area contributed by atoms with E-state index in [4.69, 9.17) is 0 Å². The molecule has 152 valence electrons. The summed E-state index contributed by atoms with van der Waals surface area (Å²) in [6, 6.07) is 8.29. The van der Waals surface area contributed by atoms with Gasteiger partial charge >= 0.3 is 0 Å². The van der Waals surface area contributed by atoms with Gasteiger partial charge in [-0.25, -0.2) is 4.98 Å². The normalized spacial score (nSPS) is 14.2. The first-order valence-electron chi connectivity index (χ1n) is 9.24. The Morgan fingerprint density at radius 2 is 2.11 bits per heavy atom. The largest absolute Gasteiger partial charge is 0.352 e. The second-order valence-electron chi connectivity index (χ2n) is 6.80. The first kappa shape index (κ1) is 22.6. The number of halogens is 1. The van der Waals surface area contributed by atoms with Crippen molar-refractivity contribution >= 4 is 47.2 Å². The number of carbonyl (C=O) groups is 1. The average molecular weight is 513 g/mol.